The second kappa shape index (κ2) is 8.73. The molecule has 158 valence electrons. The zero-order valence-electron chi connectivity index (χ0n) is 17.0. The van der Waals surface area contributed by atoms with E-state index in [2.05, 4.69) is 15.4 Å². The van der Waals surface area contributed by atoms with Gasteiger partial charge in [-0.1, -0.05) is 53.7 Å². The van der Waals surface area contributed by atoms with Crippen molar-refractivity contribution >= 4 is 34.4 Å². The number of nitrogens with one attached hydrogen (secondary N) is 1. The third-order valence-electron chi connectivity index (χ3n) is 4.65. The van der Waals surface area contributed by atoms with Gasteiger partial charge >= 0.3 is 0 Å². The van der Waals surface area contributed by atoms with E-state index in [4.69, 9.17) is 0 Å². The lowest BCUT2D eigenvalue weighted by Gasteiger charge is -2.12. The van der Waals surface area contributed by atoms with E-state index in [0.717, 1.165) is 22.9 Å². The average molecular weight is 438 g/mol. The van der Waals surface area contributed by atoms with Gasteiger partial charge in [0.1, 0.15) is 11.3 Å². The zero-order valence-corrected chi connectivity index (χ0v) is 17.8. The van der Waals surface area contributed by atoms with Crippen LogP contribution < -0.4 is 10.9 Å². The van der Waals surface area contributed by atoms with Crippen molar-refractivity contribution in [3.8, 4) is 0 Å². The lowest BCUT2D eigenvalue weighted by atomic mass is 10.1. The number of rotatable bonds is 6. The molecular weight excluding hydrogens is 417 g/mol. The molecule has 2 aromatic heterocycles. The van der Waals surface area contributed by atoms with Gasteiger partial charge in [-0.25, -0.2) is 9.37 Å². The van der Waals surface area contributed by atoms with Crippen LogP contribution in [0.3, 0.4) is 0 Å². The molecule has 0 saturated carbocycles. The molecule has 1 amide bonds. The number of benzene rings is 2. The van der Waals surface area contributed by atoms with Crippen LogP contribution in [0.1, 0.15) is 11.1 Å². The number of thioether (sulfide) groups is 1. The number of aryl methyl sites for hydroxylation is 2. The molecule has 9 heteroatoms. The highest BCUT2D eigenvalue weighted by atomic mass is 32.2. The first-order valence-corrected chi connectivity index (χ1v) is 10.6. The number of carbonyl (C=O) groups is 1. The van der Waals surface area contributed by atoms with Crippen LogP contribution >= 0.6 is 11.8 Å². The number of halogens is 1. The van der Waals surface area contributed by atoms with Gasteiger partial charge in [0.25, 0.3) is 5.56 Å². The van der Waals surface area contributed by atoms with Crippen LogP contribution in [0.15, 0.2) is 64.7 Å². The topological polar surface area (TPSA) is 81.8 Å². The zero-order chi connectivity index (χ0) is 22.0. The Morgan fingerprint density at radius 3 is 2.65 bits per heavy atom. The Labute approximate surface area is 181 Å². The van der Waals surface area contributed by atoms with Crippen LogP contribution in [0.5, 0.6) is 0 Å². The van der Waals surface area contributed by atoms with E-state index >= 15 is 0 Å². The molecule has 2 heterocycles. The molecule has 0 aliphatic heterocycles. The Bertz CT molecular complexity index is 1310. The number of para-hydroxylation sites is 1. The maximum absolute atomic E-state index is 13.8. The van der Waals surface area contributed by atoms with Gasteiger partial charge in [-0.3, -0.25) is 18.8 Å². The molecule has 31 heavy (non-hydrogen) atoms. The van der Waals surface area contributed by atoms with Crippen LogP contribution in [-0.2, 0) is 18.4 Å². The lowest BCUT2D eigenvalue weighted by Crippen LogP contribution is -2.25. The van der Waals surface area contributed by atoms with Crippen molar-refractivity contribution < 1.29 is 9.18 Å². The number of carbonyl (C=O) groups excluding carboxylic acids is 1. The highest BCUT2D eigenvalue weighted by molar-refractivity contribution is 7.99. The predicted octanol–water partition coefficient (Wildman–Crippen LogP) is 3.36. The van der Waals surface area contributed by atoms with Crippen molar-refractivity contribution in [1.29, 1.82) is 0 Å². The number of hydrogen-bond acceptors (Lipinski definition) is 5. The van der Waals surface area contributed by atoms with E-state index in [1.54, 1.807) is 25.4 Å². The molecule has 4 rings (SSSR count). The molecule has 0 aliphatic rings. The summed E-state index contributed by atoms with van der Waals surface area (Å²) in [5, 5.41) is 7.16. The summed E-state index contributed by atoms with van der Waals surface area (Å²) in [6, 6.07) is 13.8. The largest absolute Gasteiger partial charge is 0.323 e. The van der Waals surface area contributed by atoms with Crippen LogP contribution in [-0.4, -0.2) is 31.0 Å². The number of amides is 1. The molecule has 7 nitrogen and oxygen atoms in total. The van der Waals surface area contributed by atoms with E-state index in [1.165, 1.54) is 21.4 Å². The molecule has 0 spiro atoms. The summed E-state index contributed by atoms with van der Waals surface area (Å²) in [4.78, 5) is 30.0. The molecule has 0 radical (unpaired) electrons. The van der Waals surface area contributed by atoms with Gasteiger partial charge in [-0.05, 0) is 24.6 Å². The van der Waals surface area contributed by atoms with E-state index in [9.17, 15) is 14.0 Å². The highest BCUT2D eigenvalue weighted by Gasteiger charge is 2.16. The fourth-order valence-corrected chi connectivity index (χ4v) is 3.89. The second-order valence-corrected chi connectivity index (χ2v) is 8.07. The number of nitrogens with zero attached hydrogens (tertiary/aromatic N) is 4. The number of aromatic nitrogens is 4. The summed E-state index contributed by atoms with van der Waals surface area (Å²) in [6.45, 7) is 2.29. The van der Waals surface area contributed by atoms with Crippen molar-refractivity contribution in [3.05, 3.63) is 82.0 Å². The molecule has 0 bridgehead atoms. The van der Waals surface area contributed by atoms with E-state index < -0.39 is 11.7 Å². The van der Waals surface area contributed by atoms with Gasteiger partial charge in [0.05, 0.1) is 24.2 Å². The quantitative estimate of drug-likeness (QED) is 0.370. The van der Waals surface area contributed by atoms with Gasteiger partial charge < -0.3 is 5.32 Å². The Morgan fingerprint density at radius 1 is 1.16 bits per heavy atom. The molecule has 0 fully saturated rings. The Balaban J connectivity index is 1.62. The standard InChI is InChI=1S/C22H20FN5O2S/c1-14-7-9-15(10-8-14)11-28-21(30)20-18(12-27(2)26-20)25-22(28)31-13-19(29)24-17-6-4-3-5-16(17)23/h3-10,12H,11,13H2,1-2H3,(H,24,29). The van der Waals surface area contributed by atoms with E-state index in [-0.39, 0.29) is 22.5 Å². The smallest absolute Gasteiger partial charge is 0.282 e. The van der Waals surface area contributed by atoms with Crippen molar-refractivity contribution in [3.63, 3.8) is 0 Å². The summed E-state index contributed by atoms with van der Waals surface area (Å²) in [6.07, 6.45) is 1.66. The molecular formula is C22H20FN5O2S. The lowest BCUT2D eigenvalue weighted by molar-refractivity contribution is -0.113. The second-order valence-electron chi connectivity index (χ2n) is 7.12. The van der Waals surface area contributed by atoms with Crippen molar-refractivity contribution in [2.24, 2.45) is 7.05 Å². The first kappa shape index (κ1) is 20.8. The highest BCUT2D eigenvalue weighted by Crippen LogP contribution is 2.20. The Kier molecular flexibility index (Phi) is 5.85. The summed E-state index contributed by atoms with van der Waals surface area (Å²) in [5.41, 5.74) is 2.62. The minimum Gasteiger partial charge on any atom is -0.323 e. The first-order valence-electron chi connectivity index (χ1n) is 9.57. The van der Waals surface area contributed by atoms with Gasteiger partial charge in [0.2, 0.25) is 5.91 Å². The van der Waals surface area contributed by atoms with Crippen molar-refractivity contribution in [1.82, 2.24) is 19.3 Å². The summed E-state index contributed by atoms with van der Waals surface area (Å²) < 4.78 is 16.8. The minimum atomic E-state index is -0.507. The fourth-order valence-electron chi connectivity index (χ4n) is 3.09. The van der Waals surface area contributed by atoms with Gasteiger partial charge in [0, 0.05) is 7.05 Å². The van der Waals surface area contributed by atoms with Gasteiger partial charge in [-0.2, -0.15) is 5.10 Å². The van der Waals surface area contributed by atoms with Gasteiger partial charge in [0.15, 0.2) is 10.7 Å². The molecule has 0 atom stereocenters. The van der Waals surface area contributed by atoms with E-state index in [0.29, 0.717) is 17.2 Å². The summed E-state index contributed by atoms with van der Waals surface area (Å²) in [5.74, 6) is -0.926. The monoisotopic (exact) mass is 437 g/mol. The predicted molar refractivity (Wildman–Crippen MR) is 119 cm³/mol. The van der Waals surface area contributed by atoms with Crippen LogP contribution in [0, 0.1) is 12.7 Å². The molecule has 4 aromatic rings. The van der Waals surface area contributed by atoms with Crippen LogP contribution in [0.4, 0.5) is 10.1 Å². The number of hydrogen-bond donors (Lipinski definition) is 1. The van der Waals surface area contributed by atoms with Gasteiger partial charge in [-0.15, -0.1) is 0 Å². The molecule has 0 saturated heterocycles. The van der Waals surface area contributed by atoms with Crippen molar-refractivity contribution in [2.75, 3.05) is 11.1 Å². The van der Waals surface area contributed by atoms with Crippen LogP contribution in [0.25, 0.3) is 11.0 Å². The van der Waals surface area contributed by atoms with E-state index in [1.807, 2.05) is 31.2 Å². The summed E-state index contributed by atoms with van der Waals surface area (Å²) >= 11 is 1.12. The maximum Gasteiger partial charge on any atom is 0.282 e. The Morgan fingerprint density at radius 2 is 1.90 bits per heavy atom. The number of fused-ring (bicyclic) bond motifs is 1. The molecule has 2 aromatic carbocycles. The third-order valence-corrected chi connectivity index (χ3v) is 5.62. The normalized spacial score (nSPS) is 11.1. The molecule has 1 N–H and O–H groups in total. The fraction of sp³-hybridized carbons (Fsp3) is 0.182. The Hall–Kier alpha value is -3.46. The summed E-state index contributed by atoms with van der Waals surface area (Å²) in [7, 11) is 1.72. The SMILES string of the molecule is Cc1ccc(Cn2c(SCC(=O)Nc3ccccc3F)nc3cn(C)nc3c2=O)cc1. The third kappa shape index (κ3) is 4.66. The molecule has 0 unspecified atom stereocenters. The maximum atomic E-state index is 13.8. The average Bonchev–Trinajstić information content (AvgIpc) is 3.12. The first-order chi connectivity index (χ1) is 14.9. The number of anilines is 1. The molecule has 0 aliphatic carbocycles. The van der Waals surface area contributed by atoms with Crippen LogP contribution in [0.2, 0.25) is 0 Å². The van der Waals surface area contributed by atoms with Crippen molar-refractivity contribution in [2.45, 2.75) is 18.6 Å². The minimum absolute atomic E-state index is 0.0273.